The lowest BCUT2D eigenvalue weighted by atomic mass is 10.1. The second kappa shape index (κ2) is 7.32. The fourth-order valence-electron chi connectivity index (χ4n) is 3.94. The minimum atomic E-state index is -0.0797. The second-order valence-corrected chi connectivity index (χ2v) is 8.62. The van der Waals surface area contributed by atoms with Crippen LogP contribution in [0.25, 0.3) is 21.2 Å². The molecule has 1 amide bonds. The average Bonchev–Trinajstić information content (AvgIpc) is 3.41. The van der Waals surface area contributed by atoms with Gasteiger partial charge in [-0.3, -0.25) is 4.79 Å². The fourth-order valence-corrected chi connectivity index (χ4v) is 5.11. The van der Waals surface area contributed by atoms with Crippen molar-refractivity contribution in [2.45, 2.75) is 13.8 Å². The SMILES string of the molecule is COc1cccc2cc(C(=O)N3CCN(c4nc5c(C)ccc(C)c5s4)CC3)oc12. The molecule has 0 radical (unpaired) electrons. The van der Waals surface area contributed by atoms with Crippen LogP contribution in [0.2, 0.25) is 0 Å². The number of piperazine rings is 1. The molecule has 0 atom stereocenters. The van der Waals surface area contributed by atoms with Gasteiger partial charge in [-0.1, -0.05) is 35.6 Å². The monoisotopic (exact) mass is 421 g/mol. The highest BCUT2D eigenvalue weighted by Crippen LogP contribution is 2.34. The van der Waals surface area contributed by atoms with Crippen LogP contribution in [-0.4, -0.2) is 49.1 Å². The summed E-state index contributed by atoms with van der Waals surface area (Å²) in [5.74, 6) is 0.913. The van der Waals surface area contributed by atoms with Crippen LogP contribution in [0.3, 0.4) is 0 Å². The number of amides is 1. The van der Waals surface area contributed by atoms with Crippen molar-refractivity contribution in [3.63, 3.8) is 0 Å². The number of nitrogens with zero attached hydrogens (tertiary/aromatic N) is 3. The third-order valence-electron chi connectivity index (χ3n) is 5.71. The molecule has 1 saturated heterocycles. The summed E-state index contributed by atoms with van der Waals surface area (Å²) in [6.45, 7) is 7.02. The molecule has 7 heteroatoms. The molecule has 1 aliphatic heterocycles. The lowest BCUT2D eigenvalue weighted by Crippen LogP contribution is -2.48. The Morgan fingerprint density at radius 1 is 1.10 bits per heavy atom. The van der Waals surface area contributed by atoms with Crippen molar-refractivity contribution in [2.75, 3.05) is 38.2 Å². The highest BCUT2D eigenvalue weighted by molar-refractivity contribution is 7.22. The maximum absolute atomic E-state index is 13.0. The van der Waals surface area contributed by atoms with E-state index in [1.807, 2.05) is 23.1 Å². The van der Waals surface area contributed by atoms with Gasteiger partial charge in [-0.2, -0.15) is 0 Å². The number of thiazole rings is 1. The van der Waals surface area contributed by atoms with Crippen molar-refractivity contribution >= 4 is 43.6 Å². The number of carbonyl (C=O) groups excluding carboxylic acids is 1. The molecule has 0 N–H and O–H groups in total. The second-order valence-electron chi connectivity index (χ2n) is 7.64. The zero-order valence-electron chi connectivity index (χ0n) is 17.3. The minimum Gasteiger partial charge on any atom is -0.493 e. The van der Waals surface area contributed by atoms with Gasteiger partial charge in [-0.25, -0.2) is 4.98 Å². The molecular weight excluding hydrogens is 398 g/mol. The standard InChI is InChI=1S/C23H23N3O3S/c1-14-7-8-15(2)21-19(14)24-23(30-21)26-11-9-25(10-12-26)22(27)18-13-16-5-4-6-17(28-3)20(16)29-18/h4-8,13H,9-12H2,1-3H3. The van der Waals surface area contributed by atoms with Crippen molar-refractivity contribution in [2.24, 2.45) is 0 Å². The summed E-state index contributed by atoms with van der Waals surface area (Å²) in [6, 6.07) is 11.7. The van der Waals surface area contributed by atoms with E-state index in [0.29, 0.717) is 30.2 Å². The number of hydrogen-bond acceptors (Lipinski definition) is 6. The molecule has 2 aromatic heterocycles. The van der Waals surface area contributed by atoms with Gasteiger partial charge in [0, 0.05) is 31.6 Å². The zero-order chi connectivity index (χ0) is 20.8. The Balaban J connectivity index is 1.33. The minimum absolute atomic E-state index is 0.0797. The van der Waals surface area contributed by atoms with Crippen LogP contribution >= 0.6 is 11.3 Å². The molecule has 3 heterocycles. The van der Waals surface area contributed by atoms with Crippen molar-refractivity contribution < 1.29 is 13.9 Å². The number of aryl methyl sites for hydroxylation is 2. The number of furan rings is 1. The van der Waals surface area contributed by atoms with Gasteiger partial charge in [0.25, 0.3) is 5.91 Å². The molecule has 0 saturated carbocycles. The number of ether oxygens (including phenoxy) is 1. The number of hydrogen-bond donors (Lipinski definition) is 0. The maximum Gasteiger partial charge on any atom is 0.289 e. The van der Waals surface area contributed by atoms with Gasteiger partial charge in [0.05, 0.1) is 17.3 Å². The fraction of sp³-hybridized carbons (Fsp3) is 0.304. The molecule has 6 nitrogen and oxygen atoms in total. The molecular formula is C23H23N3O3S. The zero-order valence-corrected chi connectivity index (χ0v) is 18.1. The van der Waals surface area contributed by atoms with E-state index in [1.165, 1.54) is 15.8 Å². The van der Waals surface area contributed by atoms with Crippen molar-refractivity contribution in [3.8, 4) is 5.75 Å². The molecule has 2 aromatic carbocycles. The lowest BCUT2D eigenvalue weighted by molar-refractivity contribution is 0.0717. The Labute approximate surface area is 178 Å². The van der Waals surface area contributed by atoms with E-state index >= 15 is 0 Å². The number of aromatic nitrogens is 1. The number of rotatable bonds is 3. The molecule has 1 aliphatic rings. The first-order valence-corrected chi connectivity index (χ1v) is 10.8. The summed E-state index contributed by atoms with van der Waals surface area (Å²) in [7, 11) is 1.60. The number of benzene rings is 2. The lowest BCUT2D eigenvalue weighted by Gasteiger charge is -2.34. The van der Waals surface area contributed by atoms with Gasteiger partial charge in [0.2, 0.25) is 0 Å². The number of fused-ring (bicyclic) bond motifs is 2. The van der Waals surface area contributed by atoms with Crippen molar-refractivity contribution in [3.05, 3.63) is 53.3 Å². The Hall–Kier alpha value is -3.06. The van der Waals surface area contributed by atoms with Crippen molar-refractivity contribution in [1.29, 1.82) is 0 Å². The molecule has 0 unspecified atom stereocenters. The van der Waals surface area contributed by atoms with Crippen LogP contribution in [0.4, 0.5) is 5.13 Å². The van der Waals surface area contributed by atoms with Gasteiger partial charge in [-0.15, -0.1) is 0 Å². The van der Waals surface area contributed by atoms with Crippen LogP contribution in [-0.2, 0) is 0 Å². The molecule has 154 valence electrons. The van der Waals surface area contributed by atoms with E-state index in [9.17, 15) is 4.79 Å². The van der Waals surface area contributed by atoms with Gasteiger partial charge in [0.15, 0.2) is 22.2 Å². The summed E-state index contributed by atoms with van der Waals surface area (Å²) in [5, 5.41) is 1.90. The van der Waals surface area contributed by atoms with E-state index in [-0.39, 0.29) is 5.91 Å². The van der Waals surface area contributed by atoms with Crippen LogP contribution < -0.4 is 9.64 Å². The molecule has 0 spiro atoms. The topological polar surface area (TPSA) is 58.8 Å². The smallest absolute Gasteiger partial charge is 0.289 e. The maximum atomic E-state index is 13.0. The van der Waals surface area contributed by atoms with Crippen molar-refractivity contribution in [1.82, 2.24) is 9.88 Å². The van der Waals surface area contributed by atoms with Crippen LogP contribution in [0.15, 0.2) is 40.8 Å². The normalized spacial score (nSPS) is 14.6. The predicted molar refractivity (Wildman–Crippen MR) is 120 cm³/mol. The summed E-state index contributed by atoms with van der Waals surface area (Å²) < 4.78 is 12.4. The third-order valence-corrected chi connectivity index (χ3v) is 6.96. The highest BCUT2D eigenvalue weighted by atomic mass is 32.1. The van der Waals surface area contributed by atoms with Crippen LogP contribution in [0.5, 0.6) is 5.75 Å². The summed E-state index contributed by atoms with van der Waals surface area (Å²) >= 11 is 1.74. The molecule has 0 bridgehead atoms. The largest absolute Gasteiger partial charge is 0.493 e. The Bertz CT molecular complexity index is 1210. The first-order valence-electron chi connectivity index (χ1n) is 10.0. The molecule has 5 rings (SSSR count). The number of anilines is 1. The number of para-hydroxylation sites is 1. The summed E-state index contributed by atoms with van der Waals surface area (Å²) in [6.07, 6.45) is 0. The van der Waals surface area contributed by atoms with E-state index in [2.05, 4.69) is 30.9 Å². The Kier molecular flexibility index (Phi) is 4.62. The third kappa shape index (κ3) is 3.10. The highest BCUT2D eigenvalue weighted by Gasteiger charge is 2.26. The van der Waals surface area contributed by atoms with Crippen LogP contribution in [0, 0.1) is 13.8 Å². The van der Waals surface area contributed by atoms with E-state index in [4.69, 9.17) is 14.1 Å². The van der Waals surface area contributed by atoms with Crippen LogP contribution in [0.1, 0.15) is 21.7 Å². The number of methoxy groups -OCH3 is 1. The molecule has 1 fully saturated rings. The Morgan fingerprint density at radius 2 is 1.87 bits per heavy atom. The first kappa shape index (κ1) is 18.9. The summed E-state index contributed by atoms with van der Waals surface area (Å²) in [4.78, 5) is 22.0. The van der Waals surface area contributed by atoms with Gasteiger partial charge in [0.1, 0.15) is 0 Å². The summed E-state index contributed by atoms with van der Waals surface area (Å²) in [5.41, 5.74) is 4.16. The van der Waals surface area contributed by atoms with Gasteiger partial charge < -0.3 is 19.0 Å². The molecule has 30 heavy (non-hydrogen) atoms. The van der Waals surface area contributed by atoms with Gasteiger partial charge >= 0.3 is 0 Å². The number of carbonyl (C=O) groups is 1. The quantitative estimate of drug-likeness (QED) is 0.483. The Morgan fingerprint density at radius 3 is 2.60 bits per heavy atom. The first-order chi connectivity index (χ1) is 14.5. The molecule has 4 aromatic rings. The van der Waals surface area contributed by atoms with E-state index in [0.717, 1.165) is 29.1 Å². The predicted octanol–water partition coefficient (Wildman–Crippen LogP) is 4.63. The van der Waals surface area contributed by atoms with Gasteiger partial charge in [-0.05, 0) is 37.1 Å². The van der Waals surface area contributed by atoms with E-state index < -0.39 is 0 Å². The van der Waals surface area contributed by atoms with E-state index in [1.54, 1.807) is 24.5 Å². The average molecular weight is 422 g/mol. The molecule has 0 aliphatic carbocycles.